The number of aromatic nitrogens is 1. The molecule has 1 saturated heterocycles. The van der Waals surface area contributed by atoms with E-state index in [1.54, 1.807) is 6.07 Å². The summed E-state index contributed by atoms with van der Waals surface area (Å²) < 4.78 is 5.47. The molecule has 3 rings (SSSR count). The summed E-state index contributed by atoms with van der Waals surface area (Å²) in [5.41, 5.74) is 2.61. The van der Waals surface area contributed by atoms with E-state index in [9.17, 15) is 4.79 Å². The van der Waals surface area contributed by atoms with E-state index in [0.29, 0.717) is 17.3 Å². The maximum absolute atomic E-state index is 11.3. The fraction of sp³-hybridized carbons (Fsp3) is 0.467. The van der Waals surface area contributed by atoms with Crippen LogP contribution in [-0.4, -0.2) is 35.8 Å². The Labute approximate surface area is 112 Å². The number of hydrogen-bond donors (Lipinski definition) is 0. The summed E-state index contributed by atoms with van der Waals surface area (Å²) in [6.45, 7) is 3.75. The number of furan rings is 1. The minimum absolute atomic E-state index is 0.0566. The minimum Gasteiger partial charge on any atom is -0.451 e. The van der Waals surface area contributed by atoms with Crippen LogP contribution in [0.3, 0.4) is 0 Å². The molecule has 0 bridgehead atoms. The summed E-state index contributed by atoms with van der Waals surface area (Å²) >= 11 is 0. The number of hydrogen-bond acceptors (Lipinski definition) is 4. The number of nitrogens with zero attached hydrogens (tertiary/aromatic N) is 2. The van der Waals surface area contributed by atoms with Gasteiger partial charge in [0, 0.05) is 24.6 Å². The topological polar surface area (TPSA) is 46.3 Å². The first-order valence-corrected chi connectivity index (χ1v) is 6.73. The Balaban J connectivity index is 1.90. The highest BCUT2D eigenvalue weighted by Crippen LogP contribution is 2.28. The number of rotatable bonds is 2. The van der Waals surface area contributed by atoms with Crippen molar-refractivity contribution in [2.75, 3.05) is 20.1 Å². The van der Waals surface area contributed by atoms with Crippen molar-refractivity contribution in [3.05, 3.63) is 29.7 Å². The van der Waals surface area contributed by atoms with E-state index >= 15 is 0 Å². The van der Waals surface area contributed by atoms with E-state index in [2.05, 4.69) is 16.9 Å². The molecule has 2 aromatic rings. The van der Waals surface area contributed by atoms with E-state index in [4.69, 9.17) is 4.42 Å². The lowest BCUT2D eigenvalue weighted by molar-refractivity contribution is 0.0989. The number of carbonyl (C=O) groups is 1. The smallest absolute Gasteiger partial charge is 0.195 e. The largest absolute Gasteiger partial charge is 0.451 e. The molecule has 0 N–H and O–H groups in total. The molecule has 2 aromatic heterocycles. The lowest BCUT2D eigenvalue weighted by Gasteiger charge is -2.28. The van der Waals surface area contributed by atoms with Gasteiger partial charge in [-0.2, -0.15) is 0 Å². The quantitative estimate of drug-likeness (QED) is 0.777. The second kappa shape index (κ2) is 4.78. The second-order valence-corrected chi connectivity index (χ2v) is 5.36. The monoisotopic (exact) mass is 258 g/mol. The number of fused-ring (bicyclic) bond motifs is 1. The molecule has 19 heavy (non-hydrogen) atoms. The molecule has 0 aromatic carbocycles. The van der Waals surface area contributed by atoms with Crippen molar-refractivity contribution in [2.45, 2.75) is 25.7 Å². The Morgan fingerprint density at radius 2 is 2.11 bits per heavy atom. The number of likely N-dealkylation sites (tertiary alicyclic amines) is 1. The highest BCUT2D eigenvalue weighted by molar-refractivity contribution is 5.95. The Morgan fingerprint density at radius 3 is 2.79 bits per heavy atom. The van der Waals surface area contributed by atoms with Crippen molar-refractivity contribution in [1.29, 1.82) is 0 Å². The molecule has 4 nitrogen and oxygen atoms in total. The number of carbonyl (C=O) groups excluding carboxylic acids is 1. The van der Waals surface area contributed by atoms with Crippen LogP contribution in [0.4, 0.5) is 0 Å². The number of Topliss-reactive ketones (excluding diaryl/α,β-unsaturated/α-hetero) is 1. The van der Waals surface area contributed by atoms with Crippen molar-refractivity contribution in [2.24, 2.45) is 0 Å². The van der Waals surface area contributed by atoms with Crippen LogP contribution in [0.5, 0.6) is 0 Å². The Morgan fingerprint density at radius 1 is 1.37 bits per heavy atom. The lowest BCUT2D eigenvalue weighted by Crippen LogP contribution is -2.29. The Kier molecular flexibility index (Phi) is 3.11. The molecule has 0 saturated carbocycles. The second-order valence-electron chi connectivity index (χ2n) is 5.36. The maximum Gasteiger partial charge on any atom is 0.195 e. The van der Waals surface area contributed by atoms with Gasteiger partial charge in [-0.25, -0.2) is 4.98 Å². The van der Waals surface area contributed by atoms with Crippen molar-refractivity contribution in [3.63, 3.8) is 0 Å². The molecule has 0 unspecified atom stereocenters. The first-order chi connectivity index (χ1) is 9.13. The normalized spacial score (nSPS) is 18.0. The van der Waals surface area contributed by atoms with Crippen LogP contribution in [0.1, 0.15) is 41.9 Å². The SMILES string of the molecule is CC(=O)c1cc2nc(C3CCN(C)CC3)ccc2o1. The van der Waals surface area contributed by atoms with E-state index < -0.39 is 0 Å². The van der Waals surface area contributed by atoms with Crippen LogP contribution in [-0.2, 0) is 0 Å². The standard InChI is InChI=1S/C15H18N2O2/c1-10(18)15-9-13-14(19-15)4-3-12(16-13)11-5-7-17(2)8-6-11/h3-4,9,11H,5-8H2,1-2H3. The van der Waals surface area contributed by atoms with E-state index in [1.807, 2.05) is 12.1 Å². The summed E-state index contributed by atoms with van der Waals surface area (Å²) in [6, 6.07) is 5.71. The summed E-state index contributed by atoms with van der Waals surface area (Å²) in [5.74, 6) is 0.859. The molecule has 0 radical (unpaired) electrons. The average Bonchev–Trinajstić information content (AvgIpc) is 2.82. The molecule has 0 aliphatic carbocycles. The molecule has 1 aliphatic rings. The summed E-state index contributed by atoms with van der Waals surface area (Å²) in [4.78, 5) is 18.3. The number of ketones is 1. The predicted molar refractivity (Wildman–Crippen MR) is 73.5 cm³/mol. The zero-order valence-corrected chi connectivity index (χ0v) is 11.3. The molecule has 100 valence electrons. The molecule has 3 heterocycles. The van der Waals surface area contributed by atoms with Crippen molar-refractivity contribution >= 4 is 16.9 Å². The molecular weight excluding hydrogens is 240 g/mol. The van der Waals surface area contributed by atoms with Crippen LogP contribution in [0.2, 0.25) is 0 Å². The lowest BCUT2D eigenvalue weighted by atomic mass is 9.93. The van der Waals surface area contributed by atoms with Crippen molar-refractivity contribution in [3.8, 4) is 0 Å². The number of pyridine rings is 1. The van der Waals surface area contributed by atoms with E-state index in [1.165, 1.54) is 6.92 Å². The molecule has 0 atom stereocenters. The number of piperidine rings is 1. The summed E-state index contributed by atoms with van der Waals surface area (Å²) in [6.07, 6.45) is 2.29. The first-order valence-electron chi connectivity index (χ1n) is 6.73. The van der Waals surface area contributed by atoms with Gasteiger partial charge < -0.3 is 9.32 Å². The fourth-order valence-corrected chi connectivity index (χ4v) is 2.64. The van der Waals surface area contributed by atoms with Crippen LogP contribution in [0, 0.1) is 0 Å². The van der Waals surface area contributed by atoms with Gasteiger partial charge in [-0.15, -0.1) is 0 Å². The first kappa shape index (κ1) is 12.4. The van der Waals surface area contributed by atoms with Crippen LogP contribution in [0.25, 0.3) is 11.1 Å². The van der Waals surface area contributed by atoms with Gasteiger partial charge >= 0.3 is 0 Å². The Hall–Kier alpha value is -1.68. The maximum atomic E-state index is 11.3. The summed E-state index contributed by atoms with van der Waals surface area (Å²) in [5, 5.41) is 0. The van der Waals surface area contributed by atoms with Gasteiger partial charge in [-0.05, 0) is 45.1 Å². The highest BCUT2D eigenvalue weighted by atomic mass is 16.3. The molecule has 1 aliphatic heterocycles. The van der Waals surface area contributed by atoms with Gasteiger partial charge in [0.25, 0.3) is 0 Å². The zero-order valence-electron chi connectivity index (χ0n) is 11.3. The van der Waals surface area contributed by atoms with Gasteiger partial charge in [0.2, 0.25) is 0 Å². The molecule has 1 fully saturated rings. The zero-order chi connectivity index (χ0) is 13.4. The van der Waals surface area contributed by atoms with Crippen LogP contribution < -0.4 is 0 Å². The molecule has 4 heteroatoms. The van der Waals surface area contributed by atoms with Crippen molar-refractivity contribution < 1.29 is 9.21 Å². The van der Waals surface area contributed by atoms with Gasteiger partial charge in [-0.1, -0.05) is 0 Å². The van der Waals surface area contributed by atoms with E-state index in [-0.39, 0.29) is 5.78 Å². The van der Waals surface area contributed by atoms with Gasteiger partial charge in [-0.3, -0.25) is 4.79 Å². The third-order valence-corrected chi connectivity index (χ3v) is 3.88. The van der Waals surface area contributed by atoms with Crippen LogP contribution in [0.15, 0.2) is 22.6 Å². The van der Waals surface area contributed by atoms with E-state index in [0.717, 1.165) is 37.1 Å². The molecular formula is C15H18N2O2. The predicted octanol–water partition coefficient (Wildman–Crippen LogP) is 2.84. The van der Waals surface area contributed by atoms with Crippen LogP contribution >= 0.6 is 0 Å². The van der Waals surface area contributed by atoms with Gasteiger partial charge in [0.05, 0.1) is 0 Å². The minimum atomic E-state index is -0.0566. The molecule has 0 spiro atoms. The highest BCUT2D eigenvalue weighted by Gasteiger charge is 2.20. The van der Waals surface area contributed by atoms with Crippen molar-refractivity contribution in [1.82, 2.24) is 9.88 Å². The third-order valence-electron chi connectivity index (χ3n) is 3.88. The summed E-state index contributed by atoms with van der Waals surface area (Å²) in [7, 11) is 2.15. The Bertz CT molecular complexity index is 610. The van der Waals surface area contributed by atoms with Gasteiger partial charge in [0.1, 0.15) is 5.52 Å². The fourth-order valence-electron chi connectivity index (χ4n) is 2.64. The van der Waals surface area contributed by atoms with Gasteiger partial charge in [0.15, 0.2) is 17.1 Å². The average molecular weight is 258 g/mol. The molecule has 0 amide bonds. The third kappa shape index (κ3) is 2.40.